The molecule has 1 N–H and O–H groups in total. The van der Waals surface area contributed by atoms with Crippen LogP contribution in [0.1, 0.15) is 11.1 Å². The van der Waals surface area contributed by atoms with Gasteiger partial charge in [0.05, 0.1) is 0 Å². The van der Waals surface area contributed by atoms with E-state index in [0.717, 1.165) is 11.1 Å². The third kappa shape index (κ3) is 1.76. The van der Waals surface area contributed by atoms with Crippen LogP contribution in [0.2, 0.25) is 5.02 Å². The van der Waals surface area contributed by atoms with Gasteiger partial charge >= 0.3 is 5.91 Å². The van der Waals surface area contributed by atoms with E-state index in [4.69, 9.17) is 11.6 Å². The van der Waals surface area contributed by atoms with Crippen LogP contribution in [0, 0.1) is 4.91 Å². The molecule has 0 bridgehead atoms. The molecule has 4 nitrogen and oxygen atoms in total. The van der Waals surface area contributed by atoms with Crippen molar-refractivity contribution in [3.63, 3.8) is 0 Å². The van der Waals surface area contributed by atoms with E-state index in [1.54, 1.807) is 18.2 Å². The molecular weight excluding hydrogens is 216 g/mol. The van der Waals surface area contributed by atoms with Gasteiger partial charge in [0.1, 0.15) is 5.70 Å². The third-order valence-corrected chi connectivity index (χ3v) is 2.58. The summed E-state index contributed by atoms with van der Waals surface area (Å²) in [6.07, 6.45) is 1.58. The monoisotopic (exact) mass is 222 g/mol. The molecule has 0 aromatic heterocycles. The van der Waals surface area contributed by atoms with Gasteiger partial charge in [0.25, 0.3) is 0 Å². The summed E-state index contributed by atoms with van der Waals surface area (Å²) in [4.78, 5) is 21.1. The van der Waals surface area contributed by atoms with Gasteiger partial charge in [-0.1, -0.05) is 23.7 Å². The van der Waals surface area contributed by atoms with Crippen molar-refractivity contribution in [2.75, 3.05) is 0 Å². The molecule has 15 heavy (non-hydrogen) atoms. The van der Waals surface area contributed by atoms with Crippen molar-refractivity contribution in [1.29, 1.82) is 0 Å². The first-order valence-corrected chi connectivity index (χ1v) is 4.71. The average Bonchev–Trinajstić information content (AvgIpc) is 2.28. The first-order valence-electron chi connectivity index (χ1n) is 4.33. The van der Waals surface area contributed by atoms with Crippen LogP contribution < -0.4 is 5.32 Å². The summed E-state index contributed by atoms with van der Waals surface area (Å²) >= 11 is 5.96. The zero-order valence-electron chi connectivity index (χ0n) is 7.66. The number of amides is 1. The van der Waals surface area contributed by atoms with E-state index < -0.39 is 5.91 Å². The van der Waals surface area contributed by atoms with Crippen LogP contribution in [0.4, 0.5) is 0 Å². The zero-order valence-corrected chi connectivity index (χ0v) is 8.41. The lowest BCUT2D eigenvalue weighted by atomic mass is 10.0. The highest BCUT2D eigenvalue weighted by Gasteiger charge is 2.17. The number of halogens is 1. The van der Waals surface area contributed by atoms with Gasteiger partial charge in [-0.05, 0) is 23.3 Å². The number of fused-ring (bicyclic) bond motifs is 1. The summed E-state index contributed by atoms with van der Waals surface area (Å²) < 4.78 is 0. The number of carbonyl (C=O) groups is 1. The van der Waals surface area contributed by atoms with E-state index in [9.17, 15) is 9.70 Å². The molecule has 0 spiro atoms. The molecule has 5 heteroatoms. The average molecular weight is 223 g/mol. The molecule has 1 heterocycles. The Morgan fingerprint density at radius 3 is 3.00 bits per heavy atom. The molecule has 0 saturated heterocycles. The Kier molecular flexibility index (Phi) is 2.51. The van der Waals surface area contributed by atoms with Crippen LogP contribution in [-0.4, -0.2) is 5.91 Å². The second-order valence-corrected chi connectivity index (χ2v) is 3.52. The number of benzene rings is 1. The standard InChI is InChI=1S/C10H7ClN2O2/c11-8-3-1-2-6-4-9(10(14)13-15)12-5-7(6)8/h1-4,12H,5H2. The fourth-order valence-electron chi connectivity index (χ4n) is 1.47. The van der Waals surface area contributed by atoms with Gasteiger partial charge in [-0.2, -0.15) is 0 Å². The van der Waals surface area contributed by atoms with Crippen LogP contribution >= 0.6 is 11.6 Å². The maximum atomic E-state index is 11.0. The molecule has 0 radical (unpaired) electrons. The second-order valence-electron chi connectivity index (χ2n) is 3.12. The summed E-state index contributed by atoms with van der Waals surface area (Å²) in [5.74, 6) is -0.791. The topological polar surface area (TPSA) is 58.5 Å². The number of nitroso groups, excluding NO2 is 1. The Morgan fingerprint density at radius 1 is 1.47 bits per heavy atom. The molecule has 0 unspecified atom stereocenters. The van der Waals surface area contributed by atoms with Gasteiger partial charge in [-0.15, -0.1) is 4.91 Å². The molecule has 2 rings (SSSR count). The number of hydrogen-bond donors (Lipinski definition) is 1. The minimum Gasteiger partial charge on any atom is -0.376 e. The van der Waals surface area contributed by atoms with Crippen LogP contribution in [0.15, 0.2) is 29.1 Å². The van der Waals surface area contributed by atoms with E-state index in [-0.39, 0.29) is 5.70 Å². The quantitative estimate of drug-likeness (QED) is 0.740. The van der Waals surface area contributed by atoms with Crippen molar-refractivity contribution in [3.8, 4) is 0 Å². The Hall–Kier alpha value is -1.68. The van der Waals surface area contributed by atoms with Gasteiger partial charge in [0.15, 0.2) is 0 Å². The van der Waals surface area contributed by atoms with E-state index in [1.165, 1.54) is 0 Å². The molecule has 1 amide bonds. The predicted molar refractivity (Wildman–Crippen MR) is 57.1 cm³/mol. The molecule has 1 aliphatic heterocycles. The highest BCUT2D eigenvalue weighted by Crippen LogP contribution is 2.25. The molecule has 0 aliphatic carbocycles. The summed E-state index contributed by atoms with van der Waals surface area (Å²) in [6, 6.07) is 5.40. The Morgan fingerprint density at radius 2 is 2.27 bits per heavy atom. The van der Waals surface area contributed by atoms with Gasteiger partial charge in [-0.25, -0.2) is 0 Å². The summed E-state index contributed by atoms with van der Waals surface area (Å²) in [7, 11) is 0. The maximum Gasteiger partial charge on any atom is 0.332 e. The third-order valence-electron chi connectivity index (χ3n) is 2.22. The second kappa shape index (κ2) is 3.82. The number of hydrogen-bond acceptors (Lipinski definition) is 3. The van der Waals surface area contributed by atoms with Gasteiger partial charge in [0, 0.05) is 16.7 Å². The molecule has 0 fully saturated rings. The van der Waals surface area contributed by atoms with Gasteiger partial charge < -0.3 is 5.32 Å². The zero-order chi connectivity index (χ0) is 10.8. The van der Waals surface area contributed by atoms with E-state index in [1.807, 2.05) is 6.07 Å². The van der Waals surface area contributed by atoms with Gasteiger partial charge in [0.2, 0.25) is 0 Å². The van der Waals surface area contributed by atoms with E-state index in [2.05, 4.69) is 10.5 Å². The molecule has 0 atom stereocenters. The summed E-state index contributed by atoms with van der Waals surface area (Å²) in [6.45, 7) is 0.433. The maximum absolute atomic E-state index is 11.0. The fourth-order valence-corrected chi connectivity index (χ4v) is 1.72. The number of rotatable bonds is 1. The van der Waals surface area contributed by atoms with Crippen LogP contribution in [-0.2, 0) is 11.3 Å². The fraction of sp³-hybridized carbons (Fsp3) is 0.100. The molecule has 76 valence electrons. The van der Waals surface area contributed by atoms with Crippen molar-refractivity contribution in [1.82, 2.24) is 5.32 Å². The number of nitrogens with zero attached hydrogens (tertiary/aromatic N) is 1. The highest BCUT2D eigenvalue weighted by molar-refractivity contribution is 6.31. The normalized spacial score (nSPS) is 13.5. The summed E-state index contributed by atoms with van der Waals surface area (Å²) in [5.41, 5.74) is 1.97. The SMILES string of the molecule is O=NC(=O)C1=Cc2cccc(Cl)c2CN1. The highest BCUT2D eigenvalue weighted by atomic mass is 35.5. The molecule has 1 aliphatic rings. The van der Waals surface area contributed by atoms with Crippen molar-refractivity contribution < 1.29 is 4.79 Å². The lowest BCUT2D eigenvalue weighted by Crippen LogP contribution is -2.22. The molecule has 1 aromatic rings. The minimum atomic E-state index is -0.791. The van der Waals surface area contributed by atoms with E-state index >= 15 is 0 Å². The molecule has 1 aromatic carbocycles. The van der Waals surface area contributed by atoms with E-state index in [0.29, 0.717) is 11.6 Å². The van der Waals surface area contributed by atoms with Crippen molar-refractivity contribution >= 4 is 23.6 Å². The first-order chi connectivity index (χ1) is 7.22. The van der Waals surface area contributed by atoms with Crippen LogP contribution in [0.3, 0.4) is 0 Å². The van der Waals surface area contributed by atoms with Crippen molar-refractivity contribution in [3.05, 3.63) is 45.0 Å². The Balaban J connectivity index is 2.46. The van der Waals surface area contributed by atoms with Crippen LogP contribution in [0.5, 0.6) is 0 Å². The van der Waals surface area contributed by atoms with Crippen molar-refractivity contribution in [2.45, 2.75) is 6.54 Å². The molecular formula is C10H7ClN2O2. The first kappa shape index (κ1) is 9.86. The minimum absolute atomic E-state index is 0.208. The Bertz CT molecular complexity index is 468. The predicted octanol–water partition coefficient (Wildman–Crippen LogP) is 2.08. The lowest BCUT2D eigenvalue weighted by molar-refractivity contribution is -0.114. The summed E-state index contributed by atoms with van der Waals surface area (Å²) in [5, 5.41) is 5.80. The largest absolute Gasteiger partial charge is 0.376 e. The van der Waals surface area contributed by atoms with Crippen LogP contribution in [0.25, 0.3) is 6.08 Å². The lowest BCUT2D eigenvalue weighted by Gasteiger charge is -2.16. The number of carbonyl (C=O) groups excluding carboxylic acids is 1. The molecule has 0 saturated carbocycles. The van der Waals surface area contributed by atoms with Gasteiger partial charge in [-0.3, -0.25) is 4.79 Å². The number of nitrogens with one attached hydrogen (secondary N) is 1. The Labute approximate surface area is 90.9 Å². The smallest absolute Gasteiger partial charge is 0.332 e. The van der Waals surface area contributed by atoms with Crippen molar-refractivity contribution in [2.24, 2.45) is 5.18 Å².